The number of amides is 1. The molecule has 0 bridgehead atoms. The van der Waals surface area contributed by atoms with Crippen LogP contribution in [0.2, 0.25) is 0 Å². The van der Waals surface area contributed by atoms with Crippen molar-refractivity contribution in [3.05, 3.63) is 28.2 Å². The van der Waals surface area contributed by atoms with Crippen molar-refractivity contribution in [2.45, 2.75) is 41.1 Å². The van der Waals surface area contributed by atoms with Crippen LogP contribution in [0.5, 0.6) is 0 Å². The third-order valence-corrected chi connectivity index (χ3v) is 5.06. The smallest absolute Gasteiger partial charge is 0.417 e. The van der Waals surface area contributed by atoms with E-state index in [9.17, 15) is 22.8 Å². The number of thiol groups is 3. The summed E-state index contributed by atoms with van der Waals surface area (Å²) in [5.41, 5.74) is -0.961. The van der Waals surface area contributed by atoms with Gasteiger partial charge in [-0.25, -0.2) is 9.59 Å². The van der Waals surface area contributed by atoms with E-state index in [1.807, 2.05) is 0 Å². The van der Waals surface area contributed by atoms with Crippen LogP contribution in [0.3, 0.4) is 0 Å². The molecule has 6 nitrogen and oxygen atoms in total. The van der Waals surface area contributed by atoms with E-state index in [2.05, 4.69) is 42.9 Å². The Morgan fingerprint density at radius 1 is 1.25 bits per heavy atom. The number of alkyl halides is 3. The van der Waals surface area contributed by atoms with E-state index in [-0.39, 0.29) is 16.5 Å². The van der Waals surface area contributed by atoms with Crippen LogP contribution in [-0.2, 0) is 10.9 Å². The number of likely N-dealkylation sites (tertiary alicyclic amines) is 1. The number of carbonyl (C=O) groups excluding carboxylic acids is 1. The van der Waals surface area contributed by atoms with Gasteiger partial charge in [-0.15, -0.1) is 37.9 Å². The molecule has 0 atom stereocenters. The van der Waals surface area contributed by atoms with Gasteiger partial charge in [-0.05, 0) is 31.9 Å². The minimum absolute atomic E-state index is 0.0953. The highest BCUT2D eigenvalue weighted by atomic mass is 32.2. The Bertz CT molecular complexity index is 957. The maximum atomic E-state index is 13.1. The van der Waals surface area contributed by atoms with Gasteiger partial charge in [0.05, 0.1) is 16.6 Å². The second-order valence-corrected chi connectivity index (χ2v) is 9.25. The molecule has 0 aliphatic carbocycles. The summed E-state index contributed by atoms with van der Waals surface area (Å²) >= 11 is 12.0. The van der Waals surface area contributed by atoms with Gasteiger partial charge in [0, 0.05) is 24.0 Å². The average molecular weight is 454 g/mol. The van der Waals surface area contributed by atoms with Crippen LogP contribution in [0.15, 0.2) is 21.8 Å². The number of H-pyrrole nitrogens is 1. The summed E-state index contributed by atoms with van der Waals surface area (Å²) < 4.78 is 44.5. The van der Waals surface area contributed by atoms with Gasteiger partial charge < -0.3 is 14.6 Å². The summed E-state index contributed by atoms with van der Waals surface area (Å²) in [5.74, 6) is 0. The van der Waals surface area contributed by atoms with Crippen LogP contribution in [-0.4, -0.2) is 37.9 Å². The van der Waals surface area contributed by atoms with Crippen molar-refractivity contribution in [1.82, 2.24) is 14.5 Å². The number of hydrogen-bond acceptors (Lipinski definition) is 6. The molecule has 1 aliphatic rings. The second kappa shape index (κ2) is 7.45. The normalized spacial score (nSPS) is 16.6. The lowest BCUT2D eigenvalue weighted by molar-refractivity contribution is -0.139. The lowest BCUT2D eigenvalue weighted by atomic mass is 10.0. The molecule has 12 heteroatoms. The van der Waals surface area contributed by atoms with E-state index in [4.69, 9.17) is 4.74 Å². The van der Waals surface area contributed by atoms with Gasteiger partial charge in [-0.2, -0.15) is 13.2 Å². The van der Waals surface area contributed by atoms with Gasteiger partial charge in [0.25, 0.3) is 0 Å². The minimum atomic E-state index is -4.57. The molecule has 1 amide bonds. The molecule has 1 aromatic carbocycles. The number of hydrogen-bond donors (Lipinski definition) is 4. The Balaban J connectivity index is 1.84. The highest BCUT2D eigenvalue weighted by Crippen LogP contribution is 2.36. The van der Waals surface area contributed by atoms with Crippen molar-refractivity contribution < 1.29 is 22.7 Å². The number of halogens is 3. The number of nitrogens with zero attached hydrogens (tertiary/aromatic N) is 2. The number of aromatic amines is 1. The van der Waals surface area contributed by atoms with Crippen molar-refractivity contribution in [2.75, 3.05) is 13.1 Å². The average Bonchev–Trinajstić information content (AvgIpc) is 2.86. The Morgan fingerprint density at radius 3 is 2.39 bits per heavy atom. The highest BCUT2D eigenvalue weighted by Gasteiger charge is 2.34. The molecule has 0 spiro atoms. The molecular formula is C16H18F3N3O3S3. The largest absolute Gasteiger partial charge is 0.423 e. The Labute approximate surface area is 174 Å². The predicted molar refractivity (Wildman–Crippen MR) is 108 cm³/mol. The van der Waals surface area contributed by atoms with Crippen molar-refractivity contribution in [2.24, 2.45) is 0 Å². The van der Waals surface area contributed by atoms with Crippen LogP contribution in [0.25, 0.3) is 11.0 Å². The fourth-order valence-corrected chi connectivity index (χ4v) is 3.76. The van der Waals surface area contributed by atoms with Crippen LogP contribution in [0.1, 0.15) is 31.4 Å². The van der Waals surface area contributed by atoms with Crippen molar-refractivity contribution in [3.63, 3.8) is 0 Å². The standard InChI is InChI=1S/C16H18F3N3O3S3/c1-15(27,28)25-14(24)21-4-2-8(3-5-21)22-11-7-12(26)9(16(17,18)19)6-10(11)20-13(22)23/h6-8,26-28H,2-5H2,1H3,(H,20,23). The fourth-order valence-electron chi connectivity index (χ4n) is 3.29. The van der Waals surface area contributed by atoms with Crippen LogP contribution in [0.4, 0.5) is 18.0 Å². The number of carbonyl (C=O) groups is 1. The first kappa shape index (κ1) is 21.3. The second-order valence-electron chi connectivity index (χ2n) is 6.70. The zero-order chi connectivity index (χ0) is 20.9. The highest BCUT2D eigenvalue weighted by molar-refractivity contribution is 8.00. The lowest BCUT2D eigenvalue weighted by Crippen LogP contribution is -2.42. The summed E-state index contributed by atoms with van der Waals surface area (Å²) in [6.45, 7) is 2.17. The molecule has 1 fully saturated rings. The Kier molecular flexibility index (Phi) is 5.67. The van der Waals surface area contributed by atoms with Crippen molar-refractivity contribution >= 4 is 55.0 Å². The molecule has 0 radical (unpaired) electrons. The first-order valence-electron chi connectivity index (χ1n) is 8.34. The van der Waals surface area contributed by atoms with Crippen LogP contribution >= 0.6 is 37.9 Å². The Hall–Kier alpha value is -1.40. The summed E-state index contributed by atoms with van der Waals surface area (Å²) in [7, 11) is 0. The van der Waals surface area contributed by atoms with E-state index in [0.717, 1.165) is 6.07 Å². The number of piperidine rings is 1. The van der Waals surface area contributed by atoms with E-state index >= 15 is 0 Å². The molecule has 2 aromatic rings. The Morgan fingerprint density at radius 2 is 1.86 bits per heavy atom. The monoisotopic (exact) mass is 453 g/mol. The van der Waals surface area contributed by atoms with Gasteiger partial charge in [0.15, 0.2) is 4.27 Å². The quantitative estimate of drug-likeness (QED) is 0.411. The van der Waals surface area contributed by atoms with Gasteiger partial charge in [0.2, 0.25) is 0 Å². The number of imidazole rings is 1. The van der Waals surface area contributed by atoms with Gasteiger partial charge >= 0.3 is 18.0 Å². The summed E-state index contributed by atoms with van der Waals surface area (Å²) in [4.78, 5) is 28.2. The number of rotatable bonds is 2. The number of ether oxygens (including phenoxy) is 1. The molecule has 2 heterocycles. The molecule has 1 saturated heterocycles. The van der Waals surface area contributed by atoms with E-state index in [1.54, 1.807) is 0 Å². The number of aromatic nitrogens is 2. The molecule has 0 unspecified atom stereocenters. The number of nitrogens with one attached hydrogen (secondary N) is 1. The molecule has 1 N–H and O–H groups in total. The van der Waals surface area contributed by atoms with Crippen LogP contribution < -0.4 is 5.69 Å². The fraction of sp³-hybridized carbons (Fsp3) is 0.500. The lowest BCUT2D eigenvalue weighted by Gasteiger charge is -2.33. The third-order valence-electron chi connectivity index (χ3n) is 4.51. The number of benzene rings is 1. The van der Waals surface area contributed by atoms with E-state index < -0.39 is 27.8 Å². The maximum absolute atomic E-state index is 13.1. The zero-order valence-corrected chi connectivity index (χ0v) is 17.3. The maximum Gasteiger partial charge on any atom is 0.417 e. The van der Waals surface area contributed by atoms with Crippen molar-refractivity contribution in [3.8, 4) is 0 Å². The van der Waals surface area contributed by atoms with Gasteiger partial charge in [-0.3, -0.25) is 4.57 Å². The first-order chi connectivity index (χ1) is 12.9. The van der Waals surface area contributed by atoms with Crippen molar-refractivity contribution in [1.29, 1.82) is 0 Å². The molecule has 3 rings (SSSR count). The summed E-state index contributed by atoms with van der Waals surface area (Å²) in [5, 5.41) is 0. The first-order valence-corrected chi connectivity index (χ1v) is 9.68. The molecule has 0 saturated carbocycles. The molecule has 154 valence electrons. The topological polar surface area (TPSA) is 67.3 Å². The van der Waals surface area contributed by atoms with Gasteiger partial charge in [0.1, 0.15) is 0 Å². The third kappa shape index (κ3) is 4.43. The molecular weight excluding hydrogens is 435 g/mol. The molecule has 1 aromatic heterocycles. The zero-order valence-electron chi connectivity index (χ0n) is 14.7. The SMILES string of the molecule is CC(S)(S)OC(=O)N1CCC(n2c(=O)[nH]c3cc(C(F)(F)F)c(S)cc32)CC1. The predicted octanol–water partition coefficient (Wildman–Crippen LogP) is 3.94. The number of fused-ring (bicyclic) bond motifs is 1. The summed E-state index contributed by atoms with van der Waals surface area (Å²) in [6, 6.07) is 1.86. The molecule has 1 aliphatic heterocycles. The van der Waals surface area contributed by atoms with Crippen LogP contribution in [0, 0.1) is 0 Å². The molecule has 28 heavy (non-hydrogen) atoms. The van der Waals surface area contributed by atoms with E-state index in [0.29, 0.717) is 31.4 Å². The summed E-state index contributed by atoms with van der Waals surface area (Å²) in [6.07, 6.45) is -4.24. The van der Waals surface area contributed by atoms with E-state index in [1.165, 1.54) is 22.5 Å². The minimum Gasteiger partial charge on any atom is -0.423 e. The van der Waals surface area contributed by atoms with Gasteiger partial charge in [-0.1, -0.05) is 0 Å².